The zero-order valence-corrected chi connectivity index (χ0v) is 27.4. The summed E-state index contributed by atoms with van der Waals surface area (Å²) < 4.78 is 0. The molecule has 0 spiro atoms. The number of hydrogen-bond donors (Lipinski definition) is 0. The Kier molecular flexibility index (Phi) is 14.0. The smallest absolute Gasteiger partial charge is 0.0216 e. The summed E-state index contributed by atoms with van der Waals surface area (Å²) in [5, 5.41) is 0. The fourth-order valence-corrected chi connectivity index (χ4v) is 4.90. The molecular formula is C39H54. The zero-order valence-electron chi connectivity index (χ0n) is 27.4. The predicted molar refractivity (Wildman–Crippen MR) is 177 cm³/mol. The van der Waals surface area contributed by atoms with Gasteiger partial charge in [0.05, 0.1) is 0 Å². The van der Waals surface area contributed by atoms with Crippen LogP contribution in [0.2, 0.25) is 0 Å². The molecule has 0 fully saturated rings. The lowest BCUT2D eigenvalue weighted by Gasteiger charge is -2.15. The van der Waals surface area contributed by atoms with Gasteiger partial charge in [0.25, 0.3) is 0 Å². The molecule has 4 aromatic rings. The summed E-state index contributed by atoms with van der Waals surface area (Å²) in [6.45, 7) is 30.5. The molecule has 0 aliphatic rings. The first kappa shape index (κ1) is 33.9. The van der Waals surface area contributed by atoms with Crippen LogP contribution in [-0.4, -0.2) is 0 Å². The van der Waals surface area contributed by atoms with E-state index < -0.39 is 0 Å². The van der Waals surface area contributed by atoms with Crippen molar-refractivity contribution in [2.45, 2.75) is 103 Å². The molecule has 0 saturated carbocycles. The second kappa shape index (κ2) is 16.1. The molecule has 0 amide bonds. The van der Waals surface area contributed by atoms with Crippen molar-refractivity contribution in [3.63, 3.8) is 0 Å². The van der Waals surface area contributed by atoms with Crippen LogP contribution < -0.4 is 0 Å². The fraction of sp³-hybridized carbons (Fsp3) is 0.385. The Balaban J connectivity index is 0.000000264. The molecule has 0 aliphatic heterocycles. The quantitative estimate of drug-likeness (QED) is 0.233. The van der Waals surface area contributed by atoms with E-state index in [4.69, 9.17) is 0 Å². The standard InChI is InChI=1S/C12H18.C11H16.C9H12.C7H8/c1-7-8(2)10(4)12(6)11(5)9(7)3;1-8(2)11-6-5-9(3)7-10(11)4;1-7-4-8(2)6-9(3)5-7;1-7-5-3-2-4-6-7/h1-6H3;5-8H,1-4H3;4-6H,1-3H3;2-6H,1H3. The molecule has 0 atom stereocenters. The first-order chi connectivity index (χ1) is 18.1. The number of benzene rings is 4. The van der Waals surface area contributed by atoms with Crippen LogP contribution in [0.15, 0.2) is 66.7 Å². The molecule has 0 saturated heterocycles. The molecule has 0 unspecified atom stereocenters. The van der Waals surface area contributed by atoms with Crippen molar-refractivity contribution in [3.8, 4) is 0 Å². The van der Waals surface area contributed by atoms with E-state index in [1.54, 1.807) is 0 Å². The Morgan fingerprint density at radius 3 is 0.974 bits per heavy atom. The van der Waals surface area contributed by atoms with Gasteiger partial charge >= 0.3 is 0 Å². The van der Waals surface area contributed by atoms with E-state index in [9.17, 15) is 0 Å². The molecule has 39 heavy (non-hydrogen) atoms. The Morgan fingerprint density at radius 2 is 0.718 bits per heavy atom. The van der Waals surface area contributed by atoms with Gasteiger partial charge in [-0.05, 0) is 134 Å². The summed E-state index contributed by atoms with van der Waals surface area (Å²) in [7, 11) is 0. The summed E-state index contributed by atoms with van der Waals surface area (Å²) >= 11 is 0. The fourth-order valence-electron chi connectivity index (χ4n) is 4.90. The maximum absolute atomic E-state index is 2.25. The van der Waals surface area contributed by atoms with E-state index in [0.29, 0.717) is 5.92 Å². The third-order valence-electron chi connectivity index (χ3n) is 7.73. The van der Waals surface area contributed by atoms with Crippen LogP contribution >= 0.6 is 0 Å². The lowest BCUT2D eigenvalue weighted by Crippen LogP contribution is -1.98. The van der Waals surface area contributed by atoms with Crippen LogP contribution in [0.4, 0.5) is 0 Å². The summed E-state index contributed by atoms with van der Waals surface area (Å²) in [6.07, 6.45) is 0. The SMILES string of the molecule is Cc1c(C)c(C)c(C)c(C)c1C.Cc1cc(C)cc(C)c1.Cc1ccc(C(C)C)c(C)c1.Cc1ccccc1. The lowest BCUT2D eigenvalue weighted by molar-refractivity contribution is 0.855. The predicted octanol–water partition coefficient (Wildman–Crippen LogP) is 11.6. The van der Waals surface area contributed by atoms with Gasteiger partial charge < -0.3 is 0 Å². The van der Waals surface area contributed by atoms with Crippen molar-refractivity contribution >= 4 is 0 Å². The van der Waals surface area contributed by atoms with Gasteiger partial charge in [0.1, 0.15) is 0 Å². The molecule has 4 aromatic carbocycles. The topological polar surface area (TPSA) is 0 Å². The summed E-state index contributed by atoms with van der Waals surface area (Å²) in [4.78, 5) is 0. The number of aryl methyl sites for hydroxylation is 6. The van der Waals surface area contributed by atoms with Gasteiger partial charge in [-0.2, -0.15) is 0 Å². The maximum Gasteiger partial charge on any atom is -0.0216 e. The highest BCUT2D eigenvalue weighted by Crippen LogP contribution is 2.24. The van der Waals surface area contributed by atoms with Crippen molar-refractivity contribution in [2.75, 3.05) is 0 Å². The molecule has 0 heteroatoms. The second-order valence-electron chi connectivity index (χ2n) is 11.6. The van der Waals surface area contributed by atoms with Crippen molar-refractivity contribution in [1.82, 2.24) is 0 Å². The lowest BCUT2D eigenvalue weighted by atomic mass is 9.90. The van der Waals surface area contributed by atoms with Crippen molar-refractivity contribution in [1.29, 1.82) is 0 Å². The van der Waals surface area contributed by atoms with Crippen LogP contribution in [0.3, 0.4) is 0 Å². The second-order valence-corrected chi connectivity index (χ2v) is 11.6. The summed E-state index contributed by atoms with van der Waals surface area (Å²) in [5.41, 5.74) is 18.3. The van der Waals surface area contributed by atoms with E-state index >= 15 is 0 Å². The number of hydrogen-bond acceptors (Lipinski definition) is 0. The highest BCUT2D eigenvalue weighted by atomic mass is 14.1. The molecule has 0 heterocycles. The minimum Gasteiger partial charge on any atom is -0.0622 e. The van der Waals surface area contributed by atoms with Crippen molar-refractivity contribution in [2.24, 2.45) is 0 Å². The van der Waals surface area contributed by atoms with Gasteiger partial charge in [-0.25, -0.2) is 0 Å². The van der Waals surface area contributed by atoms with E-state index in [1.165, 1.54) is 72.3 Å². The minimum absolute atomic E-state index is 0.649. The van der Waals surface area contributed by atoms with Crippen molar-refractivity contribution < 1.29 is 0 Å². The highest BCUT2D eigenvalue weighted by Gasteiger charge is 2.07. The van der Waals surface area contributed by atoms with Gasteiger partial charge in [0, 0.05) is 0 Å². The molecule has 4 rings (SSSR count). The van der Waals surface area contributed by atoms with E-state index in [2.05, 4.69) is 145 Å². The van der Waals surface area contributed by atoms with Gasteiger partial charge in [0.15, 0.2) is 0 Å². The van der Waals surface area contributed by atoms with Crippen LogP contribution in [0.1, 0.15) is 92.1 Å². The number of rotatable bonds is 1. The first-order valence-electron chi connectivity index (χ1n) is 14.3. The molecule has 0 aromatic heterocycles. The molecular weight excluding hydrogens is 468 g/mol. The average Bonchev–Trinajstić information content (AvgIpc) is 2.86. The van der Waals surface area contributed by atoms with Crippen LogP contribution in [-0.2, 0) is 0 Å². The van der Waals surface area contributed by atoms with Crippen LogP contribution in [0, 0.1) is 83.1 Å². The first-order valence-corrected chi connectivity index (χ1v) is 14.3. The molecule has 0 radical (unpaired) electrons. The van der Waals surface area contributed by atoms with E-state index in [1.807, 2.05) is 18.2 Å². The minimum atomic E-state index is 0.649. The molecule has 0 nitrogen and oxygen atoms in total. The van der Waals surface area contributed by atoms with Crippen LogP contribution in [0.5, 0.6) is 0 Å². The Morgan fingerprint density at radius 1 is 0.359 bits per heavy atom. The monoisotopic (exact) mass is 522 g/mol. The van der Waals surface area contributed by atoms with E-state index in [-0.39, 0.29) is 0 Å². The zero-order chi connectivity index (χ0) is 29.9. The van der Waals surface area contributed by atoms with Crippen molar-refractivity contribution in [3.05, 3.63) is 139 Å². The van der Waals surface area contributed by atoms with E-state index in [0.717, 1.165) is 0 Å². The highest BCUT2D eigenvalue weighted by molar-refractivity contribution is 5.48. The Hall–Kier alpha value is -3.12. The summed E-state index contributed by atoms with van der Waals surface area (Å²) in [5.74, 6) is 0.649. The molecule has 0 bridgehead atoms. The van der Waals surface area contributed by atoms with Gasteiger partial charge in [-0.3, -0.25) is 0 Å². The van der Waals surface area contributed by atoms with Gasteiger partial charge in [-0.15, -0.1) is 0 Å². The third kappa shape index (κ3) is 11.3. The van der Waals surface area contributed by atoms with Gasteiger partial charge in [0.2, 0.25) is 0 Å². The Labute approximate surface area is 241 Å². The largest absolute Gasteiger partial charge is 0.0622 e. The third-order valence-corrected chi connectivity index (χ3v) is 7.73. The van der Waals surface area contributed by atoms with Crippen LogP contribution in [0.25, 0.3) is 0 Å². The Bertz CT molecular complexity index is 1160. The average molecular weight is 523 g/mol. The molecule has 0 aliphatic carbocycles. The van der Waals surface area contributed by atoms with Gasteiger partial charge in [-0.1, -0.05) is 108 Å². The summed E-state index contributed by atoms with van der Waals surface area (Å²) in [6, 6.07) is 23.5. The maximum atomic E-state index is 2.25. The molecule has 210 valence electrons. The normalized spacial score (nSPS) is 10.0. The molecule has 0 N–H and O–H groups in total.